The lowest BCUT2D eigenvalue weighted by Gasteiger charge is -2.22. The minimum absolute atomic E-state index is 0.213. The topological polar surface area (TPSA) is 42.1 Å². The molecule has 0 saturated heterocycles. The Morgan fingerprint density at radius 3 is 2.90 bits per heavy atom. The second kappa shape index (κ2) is 5.20. The van der Waals surface area contributed by atoms with Crippen molar-refractivity contribution in [3.05, 3.63) is 51.0 Å². The van der Waals surface area contributed by atoms with Crippen molar-refractivity contribution in [2.75, 3.05) is 6.54 Å². The van der Waals surface area contributed by atoms with Gasteiger partial charge in [0.15, 0.2) is 0 Å². The van der Waals surface area contributed by atoms with Crippen LogP contribution in [0.1, 0.15) is 27.9 Å². The minimum atomic E-state index is -0.538. The number of rotatable bonds is 3. The molecule has 0 radical (unpaired) electrons. The van der Waals surface area contributed by atoms with Crippen LogP contribution in [0.5, 0.6) is 0 Å². The van der Waals surface area contributed by atoms with Gasteiger partial charge in [0.2, 0.25) is 0 Å². The molecular weight excluding hydrogens is 280 g/mol. The Hall–Kier alpha value is -1.37. The zero-order chi connectivity index (χ0) is 14.3. The summed E-state index contributed by atoms with van der Waals surface area (Å²) >= 11 is 1.57. The van der Waals surface area contributed by atoms with Crippen molar-refractivity contribution in [3.63, 3.8) is 0 Å². The lowest BCUT2D eigenvalue weighted by Crippen LogP contribution is -2.27. The summed E-state index contributed by atoms with van der Waals surface area (Å²) in [6, 6.07) is 2.11. The summed E-state index contributed by atoms with van der Waals surface area (Å²) in [5, 5.41) is 2.95. The number of nitrogens with two attached hydrogens (primary N) is 1. The number of aryl methyl sites for hydroxylation is 1. The summed E-state index contributed by atoms with van der Waals surface area (Å²) in [6.07, 6.45) is 0. The predicted octanol–water partition coefficient (Wildman–Crippen LogP) is 2.75. The molecule has 1 aromatic heterocycles. The van der Waals surface area contributed by atoms with Crippen LogP contribution >= 0.6 is 11.3 Å². The number of fused-ring (bicyclic) bond motifs is 1. The molecule has 1 aliphatic heterocycles. The van der Waals surface area contributed by atoms with Crippen LogP contribution in [0.15, 0.2) is 17.5 Å². The maximum absolute atomic E-state index is 14.0. The standard InChI is InChI=1S/C14H15F2N3S/c1-8-7-20-13(18-8)6-19-5-9-2-10(15)3-11(16)14(9)12(19)4-17/h2-3,7,12H,4-6,17H2,1H3. The molecule has 0 fully saturated rings. The molecule has 2 aromatic rings. The molecule has 6 heteroatoms. The van der Waals surface area contributed by atoms with Gasteiger partial charge in [0.05, 0.1) is 12.6 Å². The molecule has 20 heavy (non-hydrogen) atoms. The zero-order valence-electron chi connectivity index (χ0n) is 11.1. The second-order valence-electron chi connectivity index (χ2n) is 5.00. The van der Waals surface area contributed by atoms with Gasteiger partial charge in [0.25, 0.3) is 0 Å². The highest BCUT2D eigenvalue weighted by Gasteiger charge is 2.32. The molecule has 1 aromatic carbocycles. The lowest BCUT2D eigenvalue weighted by atomic mass is 10.0. The van der Waals surface area contributed by atoms with Crippen LogP contribution in [-0.4, -0.2) is 16.4 Å². The van der Waals surface area contributed by atoms with Gasteiger partial charge in [-0.1, -0.05) is 0 Å². The largest absolute Gasteiger partial charge is 0.329 e. The van der Waals surface area contributed by atoms with Crippen LogP contribution in [0.2, 0.25) is 0 Å². The Morgan fingerprint density at radius 2 is 2.25 bits per heavy atom. The van der Waals surface area contributed by atoms with Crippen molar-refractivity contribution in [3.8, 4) is 0 Å². The summed E-state index contributed by atoms with van der Waals surface area (Å²) in [5.41, 5.74) is 7.98. The Kier molecular flexibility index (Phi) is 3.54. The van der Waals surface area contributed by atoms with E-state index in [0.717, 1.165) is 16.8 Å². The monoisotopic (exact) mass is 295 g/mol. The summed E-state index contributed by atoms with van der Waals surface area (Å²) in [5.74, 6) is -1.04. The summed E-state index contributed by atoms with van der Waals surface area (Å²) in [4.78, 5) is 6.46. The van der Waals surface area contributed by atoms with Gasteiger partial charge in [-0.15, -0.1) is 11.3 Å². The second-order valence-corrected chi connectivity index (χ2v) is 5.94. The maximum Gasteiger partial charge on any atom is 0.131 e. The number of aromatic nitrogens is 1. The summed E-state index contributed by atoms with van der Waals surface area (Å²) in [7, 11) is 0. The third kappa shape index (κ3) is 2.34. The maximum atomic E-state index is 14.0. The number of benzene rings is 1. The van der Waals surface area contributed by atoms with E-state index in [9.17, 15) is 8.78 Å². The fourth-order valence-corrected chi connectivity index (χ4v) is 3.53. The third-order valence-corrected chi connectivity index (χ3v) is 4.51. The van der Waals surface area contributed by atoms with Crippen molar-refractivity contribution in [2.24, 2.45) is 5.73 Å². The van der Waals surface area contributed by atoms with E-state index in [1.54, 1.807) is 11.3 Å². The van der Waals surface area contributed by atoms with Gasteiger partial charge in [0, 0.05) is 35.8 Å². The molecule has 0 aliphatic carbocycles. The van der Waals surface area contributed by atoms with Crippen LogP contribution < -0.4 is 5.73 Å². The molecule has 1 atom stereocenters. The van der Waals surface area contributed by atoms with Crippen LogP contribution in [-0.2, 0) is 13.1 Å². The molecule has 1 unspecified atom stereocenters. The zero-order valence-corrected chi connectivity index (χ0v) is 11.9. The van der Waals surface area contributed by atoms with Crippen LogP contribution in [0.25, 0.3) is 0 Å². The van der Waals surface area contributed by atoms with Crippen LogP contribution in [0.3, 0.4) is 0 Å². The molecule has 106 valence electrons. The number of thiazole rings is 1. The number of halogens is 2. The van der Waals surface area contributed by atoms with Gasteiger partial charge < -0.3 is 5.73 Å². The van der Waals surface area contributed by atoms with Gasteiger partial charge in [-0.2, -0.15) is 0 Å². The average molecular weight is 295 g/mol. The number of hydrogen-bond donors (Lipinski definition) is 1. The summed E-state index contributed by atoms with van der Waals surface area (Å²) < 4.78 is 27.3. The van der Waals surface area contributed by atoms with E-state index >= 15 is 0 Å². The minimum Gasteiger partial charge on any atom is -0.329 e. The van der Waals surface area contributed by atoms with Gasteiger partial charge in [-0.3, -0.25) is 4.90 Å². The Bertz CT molecular complexity index is 641. The quantitative estimate of drug-likeness (QED) is 0.946. The Morgan fingerprint density at radius 1 is 1.45 bits per heavy atom. The van der Waals surface area contributed by atoms with E-state index in [4.69, 9.17) is 5.73 Å². The normalized spacial score (nSPS) is 18.5. The van der Waals surface area contributed by atoms with E-state index in [1.807, 2.05) is 17.2 Å². The first-order valence-electron chi connectivity index (χ1n) is 6.41. The Balaban J connectivity index is 1.90. The van der Waals surface area contributed by atoms with E-state index in [-0.39, 0.29) is 6.04 Å². The number of nitrogens with zero attached hydrogens (tertiary/aromatic N) is 2. The molecule has 0 spiro atoms. The first-order valence-corrected chi connectivity index (χ1v) is 7.29. The van der Waals surface area contributed by atoms with Crippen molar-refractivity contribution < 1.29 is 8.78 Å². The molecule has 3 rings (SSSR count). The fraction of sp³-hybridized carbons (Fsp3) is 0.357. The molecule has 0 bridgehead atoms. The first kappa shape index (κ1) is 13.6. The fourth-order valence-electron chi connectivity index (χ4n) is 2.74. The molecule has 3 nitrogen and oxygen atoms in total. The molecule has 2 N–H and O–H groups in total. The van der Waals surface area contributed by atoms with Gasteiger partial charge >= 0.3 is 0 Å². The number of hydrogen-bond acceptors (Lipinski definition) is 4. The van der Waals surface area contributed by atoms with Gasteiger partial charge in [-0.05, 0) is 18.6 Å². The van der Waals surface area contributed by atoms with Crippen LogP contribution in [0, 0.1) is 18.6 Å². The smallest absolute Gasteiger partial charge is 0.131 e. The highest BCUT2D eigenvalue weighted by Crippen LogP contribution is 2.36. The highest BCUT2D eigenvalue weighted by atomic mass is 32.1. The predicted molar refractivity (Wildman–Crippen MR) is 74.3 cm³/mol. The lowest BCUT2D eigenvalue weighted by molar-refractivity contribution is 0.208. The molecule has 0 amide bonds. The van der Waals surface area contributed by atoms with Crippen LogP contribution in [0.4, 0.5) is 8.78 Å². The molecule has 0 saturated carbocycles. The SMILES string of the molecule is Cc1csc(CN2Cc3cc(F)cc(F)c3C2CN)n1. The molecular formula is C14H15F2N3S. The van der Waals surface area contributed by atoms with Crippen molar-refractivity contribution >= 4 is 11.3 Å². The van der Waals surface area contributed by atoms with Gasteiger partial charge in [0.1, 0.15) is 16.6 Å². The molecule has 1 aliphatic rings. The van der Waals surface area contributed by atoms with Gasteiger partial charge in [-0.25, -0.2) is 13.8 Å². The van der Waals surface area contributed by atoms with E-state index < -0.39 is 11.6 Å². The van der Waals surface area contributed by atoms with E-state index in [2.05, 4.69) is 4.98 Å². The third-order valence-electron chi connectivity index (χ3n) is 3.56. The van der Waals surface area contributed by atoms with E-state index in [0.29, 0.717) is 30.8 Å². The Labute approximate surface area is 120 Å². The van der Waals surface area contributed by atoms with Crippen molar-refractivity contribution in [2.45, 2.75) is 26.1 Å². The highest BCUT2D eigenvalue weighted by molar-refractivity contribution is 7.09. The summed E-state index contributed by atoms with van der Waals surface area (Å²) in [6.45, 7) is 3.36. The van der Waals surface area contributed by atoms with E-state index in [1.165, 1.54) is 6.07 Å². The molecule has 2 heterocycles. The average Bonchev–Trinajstić information content (AvgIpc) is 2.93. The van der Waals surface area contributed by atoms with Crippen molar-refractivity contribution in [1.29, 1.82) is 0 Å². The first-order chi connectivity index (χ1) is 9.58. The van der Waals surface area contributed by atoms with Crippen molar-refractivity contribution in [1.82, 2.24) is 9.88 Å².